The average molecular weight is 319 g/mol. The first kappa shape index (κ1) is 13.2. The number of ether oxygens (including phenoxy) is 1. The van der Waals surface area contributed by atoms with Gasteiger partial charge in [0.15, 0.2) is 0 Å². The first-order valence-electron chi connectivity index (χ1n) is 5.65. The monoisotopic (exact) mass is 317 g/mol. The van der Waals surface area contributed by atoms with Crippen LogP contribution in [0.2, 0.25) is 5.02 Å². The molecule has 1 aromatic carbocycles. The second-order valence-corrected chi connectivity index (χ2v) is 6.63. The van der Waals surface area contributed by atoms with Crippen molar-refractivity contribution in [2.75, 3.05) is 7.11 Å². The van der Waals surface area contributed by atoms with Crippen molar-refractivity contribution in [3.63, 3.8) is 0 Å². The predicted molar refractivity (Wildman–Crippen MR) is 74.5 cm³/mol. The number of halogens is 2. The van der Waals surface area contributed by atoms with Gasteiger partial charge >= 0.3 is 0 Å². The Morgan fingerprint density at radius 2 is 2.12 bits per heavy atom. The van der Waals surface area contributed by atoms with Gasteiger partial charge in [0.05, 0.1) is 11.6 Å². The van der Waals surface area contributed by atoms with E-state index in [1.807, 2.05) is 12.1 Å². The lowest BCUT2D eigenvalue weighted by Gasteiger charge is -2.18. The molecule has 2 rings (SSSR count). The van der Waals surface area contributed by atoms with E-state index in [1.54, 1.807) is 7.11 Å². The highest BCUT2D eigenvalue weighted by molar-refractivity contribution is 9.10. The molecular weight excluding hydrogens is 302 g/mol. The van der Waals surface area contributed by atoms with E-state index in [4.69, 9.17) is 22.1 Å². The lowest BCUT2D eigenvalue weighted by atomic mass is 9.97. The average Bonchev–Trinajstić information content (AvgIpc) is 2.85. The van der Waals surface area contributed by atoms with Gasteiger partial charge in [-0.1, -0.05) is 25.4 Å². The van der Waals surface area contributed by atoms with Crippen molar-refractivity contribution in [1.29, 1.82) is 0 Å². The third kappa shape index (κ3) is 2.47. The maximum atomic E-state index is 6.33. The van der Waals surface area contributed by atoms with E-state index in [0.717, 1.165) is 22.2 Å². The van der Waals surface area contributed by atoms with Crippen LogP contribution in [0.25, 0.3) is 0 Å². The van der Waals surface area contributed by atoms with Crippen LogP contribution in [-0.2, 0) is 0 Å². The van der Waals surface area contributed by atoms with Gasteiger partial charge in [-0.15, -0.1) is 0 Å². The molecule has 0 spiro atoms. The second-order valence-electron chi connectivity index (χ2n) is 5.34. The highest BCUT2D eigenvalue weighted by atomic mass is 79.9. The van der Waals surface area contributed by atoms with Gasteiger partial charge in [-0.3, -0.25) is 0 Å². The lowest BCUT2D eigenvalue weighted by molar-refractivity contribution is 0.395. The van der Waals surface area contributed by atoms with Crippen LogP contribution < -0.4 is 10.5 Å². The SMILES string of the molecule is COc1c(Br)cc(Cl)cc1C(N)C1CC1(C)C. The van der Waals surface area contributed by atoms with Gasteiger partial charge < -0.3 is 10.5 Å². The highest BCUT2D eigenvalue weighted by Crippen LogP contribution is 2.58. The molecule has 0 saturated heterocycles. The van der Waals surface area contributed by atoms with Crippen LogP contribution in [-0.4, -0.2) is 7.11 Å². The second kappa shape index (κ2) is 4.45. The fourth-order valence-corrected chi connectivity index (χ4v) is 3.38. The summed E-state index contributed by atoms with van der Waals surface area (Å²) in [7, 11) is 1.66. The molecule has 1 fully saturated rings. The van der Waals surface area contributed by atoms with E-state index in [9.17, 15) is 0 Å². The minimum Gasteiger partial charge on any atom is -0.495 e. The molecule has 2 N–H and O–H groups in total. The van der Waals surface area contributed by atoms with Gasteiger partial charge in [0, 0.05) is 16.6 Å². The summed E-state index contributed by atoms with van der Waals surface area (Å²) in [6.07, 6.45) is 1.15. The Morgan fingerprint density at radius 1 is 1.53 bits per heavy atom. The Kier molecular flexibility index (Phi) is 3.45. The first-order valence-corrected chi connectivity index (χ1v) is 6.82. The summed E-state index contributed by atoms with van der Waals surface area (Å²) in [5.74, 6) is 1.30. The van der Waals surface area contributed by atoms with Crippen molar-refractivity contribution in [1.82, 2.24) is 0 Å². The van der Waals surface area contributed by atoms with Crippen molar-refractivity contribution in [2.24, 2.45) is 17.1 Å². The van der Waals surface area contributed by atoms with Gasteiger partial charge in [0.25, 0.3) is 0 Å². The smallest absolute Gasteiger partial charge is 0.137 e. The summed E-state index contributed by atoms with van der Waals surface area (Å²) in [5, 5.41) is 0.682. The molecule has 0 aliphatic heterocycles. The van der Waals surface area contributed by atoms with E-state index in [2.05, 4.69) is 29.8 Å². The molecule has 0 bridgehead atoms. The number of hydrogen-bond acceptors (Lipinski definition) is 2. The largest absolute Gasteiger partial charge is 0.495 e. The van der Waals surface area contributed by atoms with Crippen LogP contribution in [0.5, 0.6) is 5.75 Å². The first-order chi connectivity index (χ1) is 7.86. The Balaban J connectivity index is 2.37. The van der Waals surface area contributed by atoms with Gasteiger partial charge in [0.1, 0.15) is 5.75 Å². The summed E-state index contributed by atoms with van der Waals surface area (Å²) in [4.78, 5) is 0. The Morgan fingerprint density at radius 3 is 2.59 bits per heavy atom. The van der Waals surface area contributed by atoms with Crippen molar-refractivity contribution in [3.05, 3.63) is 27.2 Å². The fourth-order valence-electron chi connectivity index (χ4n) is 2.38. The van der Waals surface area contributed by atoms with E-state index >= 15 is 0 Å². The number of methoxy groups -OCH3 is 1. The maximum Gasteiger partial charge on any atom is 0.137 e. The molecule has 4 heteroatoms. The molecule has 17 heavy (non-hydrogen) atoms. The molecule has 1 aromatic rings. The molecular formula is C13H17BrClNO. The van der Waals surface area contributed by atoms with Crippen molar-refractivity contribution in [3.8, 4) is 5.75 Å². The molecule has 1 aliphatic rings. The molecule has 0 amide bonds. The molecule has 0 aromatic heterocycles. The minimum absolute atomic E-state index is 0.0186. The van der Waals surface area contributed by atoms with Crippen LogP contribution in [0.4, 0.5) is 0 Å². The molecule has 0 heterocycles. The lowest BCUT2D eigenvalue weighted by Crippen LogP contribution is -2.16. The van der Waals surface area contributed by atoms with Gasteiger partial charge in [-0.25, -0.2) is 0 Å². The van der Waals surface area contributed by atoms with Gasteiger partial charge in [-0.2, -0.15) is 0 Å². The fraction of sp³-hybridized carbons (Fsp3) is 0.538. The van der Waals surface area contributed by atoms with E-state index in [0.29, 0.717) is 16.4 Å². The number of hydrogen-bond donors (Lipinski definition) is 1. The Labute approximate surface area is 116 Å². The van der Waals surface area contributed by atoms with Gasteiger partial charge in [0.2, 0.25) is 0 Å². The standard InChI is InChI=1S/C13H17BrClNO/c1-13(2)6-9(13)11(16)8-4-7(15)5-10(14)12(8)17-3/h4-5,9,11H,6,16H2,1-3H3. The summed E-state index contributed by atoms with van der Waals surface area (Å²) in [6.45, 7) is 4.48. The van der Waals surface area contributed by atoms with Crippen LogP contribution >= 0.6 is 27.5 Å². The number of nitrogens with two attached hydrogens (primary N) is 1. The maximum absolute atomic E-state index is 6.33. The predicted octanol–water partition coefficient (Wildman–Crippen LogP) is 4.16. The quantitative estimate of drug-likeness (QED) is 0.908. The molecule has 2 atom stereocenters. The van der Waals surface area contributed by atoms with Crippen molar-refractivity contribution >= 4 is 27.5 Å². The molecule has 0 radical (unpaired) electrons. The molecule has 2 nitrogen and oxygen atoms in total. The molecule has 94 valence electrons. The van der Waals surface area contributed by atoms with E-state index in [-0.39, 0.29) is 6.04 Å². The van der Waals surface area contributed by atoms with E-state index < -0.39 is 0 Å². The molecule has 1 aliphatic carbocycles. The highest BCUT2D eigenvalue weighted by Gasteiger charge is 2.49. The topological polar surface area (TPSA) is 35.2 Å². The number of rotatable bonds is 3. The van der Waals surface area contributed by atoms with E-state index in [1.165, 1.54) is 0 Å². The van der Waals surface area contributed by atoms with Gasteiger partial charge in [-0.05, 0) is 45.8 Å². The normalized spacial score (nSPS) is 23.3. The van der Waals surface area contributed by atoms with Crippen LogP contribution in [0.3, 0.4) is 0 Å². The molecule has 1 saturated carbocycles. The summed E-state index contributed by atoms with van der Waals surface area (Å²) >= 11 is 9.54. The minimum atomic E-state index is -0.0186. The summed E-state index contributed by atoms with van der Waals surface area (Å²) < 4.78 is 6.27. The van der Waals surface area contributed by atoms with Crippen molar-refractivity contribution in [2.45, 2.75) is 26.3 Å². The third-order valence-corrected chi connectivity index (χ3v) is 4.43. The van der Waals surface area contributed by atoms with Crippen LogP contribution in [0.15, 0.2) is 16.6 Å². The number of benzene rings is 1. The summed E-state index contributed by atoms with van der Waals surface area (Å²) in [6, 6.07) is 3.72. The van der Waals surface area contributed by atoms with Crippen LogP contribution in [0, 0.1) is 11.3 Å². The summed E-state index contributed by atoms with van der Waals surface area (Å²) in [5.41, 5.74) is 7.65. The van der Waals surface area contributed by atoms with Crippen LogP contribution in [0.1, 0.15) is 31.9 Å². The zero-order chi connectivity index (χ0) is 12.8. The third-order valence-electron chi connectivity index (χ3n) is 3.62. The van der Waals surface area contributed by atoms with Crippen molar-refractivity contribution < 1.29 is 4.74 Å². The zero-order valence-electron chi connectivity index (χ0n) is 10.3. The zero-order valence-corrected chi connectivity index (χ0v) is 12.6. The Bertz CT molecular complexity index is 447. The Hall–Kier alpha value is -0.250. The molecule has 2 unspecified atom stereocenters.